The van der Waals surface area contributed by atoms with Crippen LogP contribution in [-0.2, 0) is 22.6 Å². The molecule has 0 bridgehead atoms. The Hall–Kier alpha value is -1.57. The summed E-state index contributed by atoms with van der Waals surface area (Å²) in [6, 6.07) is 7.71. The summed E-state index contributed by atoms with van der Waals surface area (Å²) in [4.78, 5) is 14.9. The van der Waals surface area contributed by atoms with Gasteiger partial charge in [0.15, 0.2) is 0 Å². The maximum absolute atomic E-state index is 11.8. The molecule has 1 aromatic heterocycles. The molecule has 0 spiro atoms. The molecule has 5 nitrogen and oxygen atoms in total. The number of rotatable bonds is 8. The smallest absolute Gasteiger partial charge is 0.319 e. The molecule has 0 aliphatic carbocycles. The maximum atomic E-state index is 11.8. The van der Waals surface area contributed by atoms with Gasteiger partial charge in [0.25, 0.3) is 0 Å². The number of hydrogen-bond donors (Lipinski definition) is 0. The lowest BCUT2D eigenvalue weighted by Crippen LogP contribution is -2.29. The number of thiophene rings is 1. The fourth-order valence-corrected chi connectivity index (χ4v) is 3.79. The standard InChI is InChI=1S/C17H20BrNO4S/c1-21-13-6-12(7-14(8-13)22-2)9-19(11-17(20)23-3)10-16-15(18)4-5-24-16/h4-8H,9-11H2,1-3H3. The molecule has 24 heavy (non-hydrogen) atoms. The zero-order valence-electron chi connectivity index (χ0n) is 13.9. The van der Waals surface area contributed by atoms with Gasteiger partial charge < -0.3 is 14.2 Å². The molecule has 0 amide bonds. The van der Waals surface area contributed by atoms with E-state index >= 15 is 0 Å². The quantitative estimate of drug-likeness (QED) is 0.617. The molecule has 0 unspecified atom stereocenters. The molecule has 2 rings (SSSR count). The molecule has 2 aromatic rings. The van der Waals surface area contributed by atoms with E-state index < -0.39 is 0 Å². The van der Waals surface area contributed by atoms with E-state index in [9.17, 15) is 4.79 Å². The molecule has 0 N–H and O–H groups in total. The van der Waals surface area contributed by atoms with Crippen molar-refractivity contribution in [3.05, 3.63) is 44.6 Å². The molecule has 1 heterocycles. The summed E-state index contributed by atoms with van der Waals surface area (Å²) < 4.78 is 16.5. The van der Waals surface area contributed by atoms with Gasteiger partial charge in [-0.25, -0.2) is 0 Å². The number of halogens is 1. The van der Waals surface area contributed by atoms with E-state index in [1.165, 1.54) is 7.11 Å². The van der Waals surface area contributed by atoms with Gasteiger partial charge in [0.2, 0.25) is 0 Å². The first-order chi connectivity index (χ1) is 11.5. The predicted molar refractivity (Wildman–Crippen MR) is 97.7 cm³/mol. The molecule has 0 atom stereocenters. The summed E-state index contributed by atoms with van der Waals surface area (Å²) in [6.07, 6.45) is 0. The molecular formula is C17H20BrNO4S. The van der Waals surface area contributed by atoms with Gasteiger partial charge in [0.05, 0.1) is 27.9 Å². The van der Waals surface area contributed by atoms with Crippen LogP contribution in [0.3, 0.4) is 0 Å². The van der Waals surface area contributed by atoms with Gasteiger partial charge in [0.1, 0.15) is 11.5 Å². The topological polar surface area (TPSA) is 48.0 Å². The summed E-state index contributed by atoms with van der Waals surface area (Å²) >= 11 is 5.19. The van der Waals surface area contributed by atoms with Crippen molar-refractivity contribution in [2.45, 2.75) is 13.1 Å². The summed E-state index contributed by atoms with van der Waals surface area (Å²) in [5.74, 6) is 1.18. The molecule has 0 saturated heterocycles. The SMILES string of the molecule is COC(=O)CN(Cc1cc(OC)cc(OC)c1)Cc1sccc1Br. The van der Waals surface area contributed by atoms with Crippen LogP contribution in [0, 0.1) is 0 Å². The average molecular weight is 414 g/mol. The Morgan fingerprint density at radius 2 is 1.79 bits per heavy atom. The van der Waals surface area contributed by atoms with E-state index in [0.717, 1.165) is 26.4 Å². The van der Waals surface area contributed by atoms with Gasteiger partial charge in [-0.05, 0) is 45.1 Å². The highest BCUT2D eigenvalue weighted by atomic mass is 79.9. The van der Waals surface area contributed by atoms with E-state index in [4.69, 9.17) is 14.2 Å². The second-order valence-electron chi connectivity index (χ2n) is 5.13. The normalized spacial score (nSPS) is 10.7. The van der Waals surface area contributed by atoms with Crippen molar-refractivity contribution < 1.29 is 19.0 Å². The van der Waals surface area contributed by atoms with Crippen LogP contribution in [0.4, 0.5) is 0 Å². The van der Waals surface area contributed by atoms with Crippen molar-refractivity contribution >= 4 is 33.2 Å². The molecule has 1 aromatic carbocycles. The minimum absolute atomic E-state index is 0.209. The van der Waals surface area contributed by atoms with E-state index in [-0.39, 0.29) is 12.5 Å². The van der Waals surface area contributed by atoms with Crippen LogP contribution in [0.2, 0.25) is 0 Å². The minimum atomic E-state index is -0.266. The Morgan fingerprint density at radius 3 is 2.29 bits per heavy atom. The van der Waals surface area contributed by atoms with Gasteiger partial charge in [-0.2, -0.15) is 0 Å². The Labute approximate surface area is 154 Å². The third kappa shape index (κ3) is 5.22. The van der Waals surface area contributed by atoms with E-state index in [1.54, 1.807) is 25.6 Å². The Morgan fingerprint density at radius 1 is 1.12 bits per heavy atom. The van der Waals surface area contributed by atoms with Gasteiger partial charge in [0, 0.05) is 28.5 Å². The van der Waals surface area contributed by atoms with Crippen molar-refractivity contribution in [3.63, 3.8) is 0 Å². The summed E-state index contributed by atoms with van der Waals surface area (Å²) in [5, 5.41) is 2.02. The number of esters is 1. The van der Waals surface area contributed by atoms with Gasteiger partial charge >= 0.3 is 5.97 Å². The zero-order chi connectivity index (χ0) is 17.5. The number of carbonyl (C=O) groups is 1. The molecule has 0 aliphatic heterocycles. The highest BCUT2D eigenvalue weighted by Gasteiger charge is 2.15. The van der Waals surface area contributed by atoms with Crippen molar-refractivity contribution in [1.29, 1.82) is 0 Å². The molecule has 0 aliphatic rings. The Balaban J connectivity index is 2.20. The highest BCUT2D eigenvalue weighted by Crippen LogP contribution is 2.27. The molecule has 0 fully saturated rings. The van der Waals surface area contributed by atoms with Gasteiger partial charge in [-0.1, -0.05) is 0 Å². The van der Waals surface area contributed by atoms with Crippen LogP contribution in [0.25, 0.3) is 0 Å². The fourth-order valence-electron chi connectivity index (χ4n) is 2.27. The van der Waals surface area contributed by atoms with E-state index in [2.05, 4.69) is 15.9 Å². The third-order valence-electron chi connectivity index (χ3n) is 3.46. The largest absolute Gasteiger partial charge is 0.497 e. The minimum Gasteiger partial charge on any atom is -0.497 e. The van der Waals surface area contributed by atoms with Crippen LogP contribution in [0.15, 0.2) is 34.1 Å². The second kappa shape index (κ2) is 9.05. The first kappa shape index (κ1) is 18.8. The number of benzene rings is 1. The number of nitrogens with zero attached hydrogens (tertiary/aromatic N) is 1. The summed E-state index contributed by atoms with van der Waals surface area (Å²) in [6.45, 7) is 1.43. The van der Waals surface area contributed by atoms with Crippen LogP contribution in [0.5, 0.6) is 11.5 Å². The maximum Gasteiger partial charge on any atom is 0.319 e. The lowest BCUT2D eigenvalue weighted by Gasteiger charge is -2.21. The molecular weight excluding hydrogens is 394 g/mol. The number of ether oxygens (including phenoxy) is 3. The zero-order valence-corrected chi connectivity index (χ0v) is 16.3. The molecule has 7 heteroatoms. The van der Waals surface area contributed by atoms with Crippen molar-refractivity contribution in [1.82, 2.24) is 4.90 Å². The summed E-state index contributed by atoms with van der Waals surface area (Å²) in [5.41, 5.74) is 1.00. The lowest BCUT2D eigenvalue weighted by molar-refractivity contribution is -0.142. The average Bonchev–Trinajstić information content (AvgIpc) is 2.99. The second-order valence-corrected chi connectivity index (χ2v) is 6.99. The first-order valence-corrected chi connectivity index (χ1v) is 8.96. The van der Waals surface area contributed by atoms with Crippen LogP contribution in [-0.4, -0.2) is 38.7 Å². The molecule has 0 saturated carbocycles. The van der Waals surface area contributed by atoms with E-state index in [1.807, 2.05) is 34.5 Å². The van der Waals surface area contributed by atoms with Crippen LogP contribution in [0.1, 0.15) is 10.4 Å². The Bertz CT molecular complexity index is 667. The molecule has 130 valence electrons. The summed E-state index contributed by atoms with van der Waals surface area (Å²) in [7, 11) is 4.64. The number of carbonyl (C=O) groups excluding carboxylic acids is 1. The molecule has 0 radical (unpaired) electrons. The third-order valence-corrected chi connectivity index (χ3v) is 5.37. The lowest BCUT2D eigenvalue weighted by atomic mass is 10.2. The van der Waals surface area contributed by atoms with E-state index in [0.29, 0.717) is 13.1 Å². The van der Waals surface area contributed by atoms with Crippen molar-refractivity contribution in [3.8, 4) is 11.5 Å². The van der Waals surface area contributed by atoms with Gasteiger partial charge in [-0.3, -0.25) is 9.69 Å². The Kier molecular flexibility index (Phi) is 7.08. The van der Waals surface area contributed by atoms with Gasteiger partial charge in [-0.15, -0.1) is 11.3 Å². The highest BCUT2D eigenvalue weighted by molar-refractivity contribution is 9.10. The number of methoxy groups -OCH3 is 3. The van der Waals surface area contributed by atoms with Crippen LogP contribution >= 0.6 is 27.3 Å². The first-order valence-electron chi connectivity index (χ1n) is 7.28. The monoisotopic (exact) mass is 413 g/mol. The number of hydrogen-bond acceptors (Lipinski definition) is 6. The predicted octanol–water partition coefficient (Wildman–Crippen LogP) is 3.70. The van der Waals surface area contributed by atoms with Crippen LogP contribution < -0.4 is 9.47 Å². The fraction of sp³-hybridized carbons (Fsp3) is 0.353. The van der Waals surface area contributed by atoms with Crippen molar-refractivity contribution in [2.75, 3.05) is 27.9 Å². The van der Waals surface area contributed by atoms with Crippen molar-refractivity contribution in [2.24, 2.45) is 0 Å².